The lowest BCUT2D eigenvalue weighted by Crippen LogP contribution is -2.41. The molecule has 2 heterocycles. The second kappa shape index (κ2) is 9.03. The Balaban J connectivity index is 1.41. The van der Waals surface area contributed by atoms with Gasteiger partial charge in [-0.1, -0.05) is 31.2 Å². The van der Waals surface area contributed by atoms with Crippen LogP contribution in [0.5, 0.6) is 0 Å². The van der Waals surface area contributed by atoms with Crippen LogP contribution in [-0.4, -0.2) is 29.0 Å². The minimum Gasteiger partial charge on any atom is -0.340 e. The van der Waals surface area contributed by atoms with Crippen LogP contribution in [0.2, 0.25) is 0 Å². The Kier molecular flexibility index (Phi) is 6.02. The van der Waals surface area contributed by atoms with Crippen LogP contribution in [0.15, 0.2) is 60.9 Å². The number of anilines is 2. The van der Waals surface area contributed by atoms with E-state index in [1.54, 1.807) is 18.5 Å². The van der Waals surface area contributed by atoms with Crippen molar-refractivity contribution in [2.45, 2.75) is 26.2 Å². The molecule has 4 rings (SSSR count). The van der Waals surface area contributed by atoms with Crippen LogP contribution >= 0.6 is 0 Å². The number of nitrogens with zero attached hydrogens (tertiary/aromatic N) is 3. The van der Waals surface area contributed by atoms with Gasteiger partial charge in [0.1, 0.15) is 5.82 Å². The Morgan fingerprint density at radius 3 is 2.60 bits per heavy atom. The number of carbonyl (C=O) groups is 1. The molecule has 30 heavy (non-hydrogen) atoms. The largest absolute Gasteiger partial charge is 0.340 e. The number of aryl methyl sites for hydroxylation is 1. The van der Waals surface area contributed by atoms with Crippen molar-refractivity contribution in [3.8, 4) is 11.1 Å². The van der Waals surface area contributed by atoms with Gasteiger partial charge in [-0.15, -0.1) is 0 Å². The summed E-state index contributed by atoms with van der Waals surface area (Å²) < 4.78 is 13.4. The Bertz CT molecular complexity index is 1000. The predicted molar refractivity (Wildman–Crippen MR) is 117 cm³/mol. The first kappa shape index (κ1) is 20.0. The predicted octanol–water partition coefficient (Wildman–Crippen LogP) is 4.70. The van der Waals surface area contributed by atoms with Crippen molar-refractivity contribution < 1.29 is 9.18 Å². The quantitative estimate of drug-likeness (QED) is 0.670. The Morgan fingerprint density at radius 2 is 1.90 bits per heavy atom. The normalized spacial score (nSPS) is 16.3. The van der Waals surface area contributed by atoms with E-state index in [0.29, 0.717) is 12.5 Å². The third-order valence-electron chi connectivity index (χ3n) is 5.50. The molecule has 2 aromatic carbocycles. The Hall–Kier alpha value is -3.28. The van der Waals surface area contributed by atoms with Gasteiger partial charge in [0.15, 0.2) is 0 Å². The SMILES string of the molecule is CCc1ccc(NC(=O)C2CCCN(c3ncc(-c4cccc(F)c4)cn3)C2)cc1. The second-order valence-corrected chi connectivity index (χ2v) is 7.61. The Labute approximate surface area is 176 Å². The highest BCUT2D eigenvalue weighted by Gasteiger charge is 2.27. The van der Waals surface area contributed by atoms with E-state index in [9.17, 15) is 9.18 Å². The van der Waals surface area contributed by atoms with Crippen molar-refractivity contribution >= 4 is 17.5 Å². The number of carbonyl (C=O) groups excluding carboxylic acids is 1. The van der Waals surface area contributed by atoms with Gasteiger partial charge >= 0.3 is 0 Å². The van der Waals surface area contributed by atoms with Crippen molar-refractivity contribution in [1.29, 1.82) is 0 Å². The van der Waals surface area contributed by atoms with E-state index in [1.807, 2.05) is 35.2 Å². The highest BCUT2D eigenvalue weighted by atomic mass is 19.1. The van der Waals surface area contributed by atoms with Crippen molar-refractivity contribution in [3.63, 3.8) is 0 Å². The van der Waals surface area contributed by atoms with Crippen LogP contribution < -0.4 is 10.2 Å². The third-order valence-corrected chi connectivity index (χ3v) is 5.50. The summed E-state index contributed by atoms with van der Waals surface area (Å²) in [4.78, 5) is 23.7. The zero-order chi connectivity index (χ0) is 20.9. The van der Waals surface area contributed by atoms with Crippen LogP contribution in [-0.2, 0) is 11.2 Å². The third kappa shape index (κ3) is 4.64. The molecule has 0 radical (unpaired) electrons. The average Bonchev–Trinajstić information content (AvgIpc) is 2.80. The Morgan fingerprint density at radius 1 is 1.13 bits per heavy atom. The van der Waals surface area contributed by atoms with Crippen molar-refractivity contribution in [2.75, 3.05) is 23.3 Å². The molecule has 0 bridgehead atoms. The zero-order valence-electron chi connectivity index (χ0n) is 17.0. The van der Waals surface area contributed by atoms with Gasteiger partial charge in [0, 0.05) is 36.7 Å². The maximum atomic E-state index is 13.4. The average molecular weight is 404 g/mol. The van der Waals surface area contributed by atoms with Crippen LogP contribution in [0.25, 0.3) is 11.1 Å². The first-order valence-corrected chi connectivity index (χ1v) is 10.3. The van der Waals surface area contributed by atoms with E-state index < -0.39 is 0 Å². The van der Waals surface area contributed by atoms with Gasteiger partial charge in [0.2, 0.25) is 11.9 Å². The molecule has 1 N–H and O–H groups in total. The van der Waals surface area contributed by atoms with Gasteiger partial charge in [0.05, 0.1) is 5.92 Å². The molecule has 1 aliphatic heterocycles. The topological polar surface area (TPSA) is 58.1 Å². The molecule has 1 saturated heterocycles. The van der Waals surface area contributed by atoms with Crippen LogP contribution in [0.1, 0.15) is 25.3 Å². The van der Waals surface area contributed by atoms with Crippen molar-refractivity contribution in [3.05, 3.63) is 72.3 Å². The highest BCUT2D eigenvalue weighted by Crippen LogP contribution is 2.24. The first-order valence-electron chi connectivity index (χ1n) is 10.3. The summed E-state index contributed by atoms with van der Waals surface area (Å²) in [6.45, 7) is 3.50. The van der Waals surface area contributed by atoms with E-state index in [1.165, 1.54) is 17.7 Å². The second-order valence-electron chi connectivity index (χ2n) is 7.61. The summed E-state index contributed by atoms with van der Waals surface area (Å²) in [6, 6.07) is 14.4. The van der Waals surface area contributed by atoms with Gasteiger partial charge in [-0.2, -0.15) is 0 Å². The van der Waals surface area contributed by atoms with Crippen LogP contribution in [0, 0.1) is 11.7 Å². The summed E-state index contributed by atoms with van der Waals surface area (Å²) >= 11 is 0. The first-order chi connectivity index (χ1) is 14.6. The molecule has 5 nitrogen and oxygen atoms in total. The van der Waals surface area contributed by atoms with Crippen molar-refractivity contribution in [1.82, 2.24) is 9.97 Å². The van der Waals surface area contributed by atoms with Gasteiger partial charge < -0.3 is 10.2 Å². The zero-order valence-corrected chi connectivity index (χ0v) is 17.0. The fourth-order valence-electron chi connectivity index (χ4n) is 3.74. The number of amides is 1. The molecular formula is C24H25FN4O. The lowest BCUT2D eigenvalue weighted by Gasteiger charge is -2.32. The number of hydrogen-bond acceptors (Lipinski definition) is 4. The van der Waals surface area contributed by atoms with E-state index in [-0.39, 0.29) is 17.6 Å². The lowest BCUT2D eigenvalue weighted by atomic mass is 9.97. The maximum Gasteiger partial charge on any atom is 0.229 e. The van der Waals surface area contributed by atoms with E-state index in [4.69, 9.17) is 0 Å². The molecule has 0 aliphatic carbocycles. The molecule has 1 amide bonds. The number of halogens is 1. The fraction of sp³-hybridized carbons (Fsp3) is 0.292. The number of benzene rings is 2. The number of hydrogen-bond donors (Lipinski definition) is 1. The minimum absolute atomic E-state index is 0.0281. The molecule has 1 aromatic heterocycles. The molecule has 6 heteroatoms. The monoisotopic (exact) mass is 404 g/mol. The minimum atomic E-state index is -0.286. The van der Waals surface area contributed by atoms with Gasteiger partial charge in [0.25, 0.3) is 0 Å². The number of nitrogens with one attached hydrogen (secondary N) is 1. The number of aromatic nitrogens is 2. The summed E-state index contributed by atoms with van der Waals surface area (Å²) in [5.74, 6) is 0.224. The van der Waals surface area contributed by atoms with Crippen LogP contribution in [0.3, 0.4) is 0 Å². The standard InChI is InChI=1S/C24H25FN4O/c1-2-17-8-10-22(11-9-17)28-23(30)19-6-4-12-29(16-19)24-26-14-20(15-27-24)18-5-3-7-21(25)13-18/h3,5,7-11,13-15,19H,2,4,6,12,16H2,1H3,(H,28,30). The maximum absolute atomic E-state index is 13.4. The summed E-state index contributed by atoms with van der Waals surface area (Å²) in [6.07, 6.45) is 6.13. The summed E-state index contributed by atoms with van der Waals surface area (Å²) in [5, 5.41) is 3.03. The van der Waals surface area contributed by atoms with E-state index >= 15 is 0 Å². The highest BCUT2D eigenvalue weighted by molar-refractivity contribution is 5.93. The molecule has 0 saturated carbocycles. The fourth-order valence-corrected chi connectivity index (χ4v) is 3.74. The molecule has 3 aromatic rings. The van der Waals surface area contributed by atoms with E-state index in [0.717, 1.165) is 42.6 Å². The number of piperidine rings is 1. The van der Waals surface area contributed by atoms with Gasteiger partial charge in [-0.25, -0.2) is 14.4 Å². The lowest BCUT2D eigenvalue weighted by molar-refractivity contribution is -0.120. The summed E-state index contributed by atoms with van der Waals surface area (Å²) in [7, 11) is 0. The molecule has 1 atom stereocenters. The molecule has 1 aliphatic rings. The van der Waals surface area contributed by atoms with Gasteiger partial charge in [-0.3, -0.25) is 4.79 Å². The molecule has 0 spiro atoms. The summed E-state index contributed by atoms with van der Waals surface area (Å²) in [5.41, 5.74) is 3.58. The van der Waals surface area contributed by atoms with E-state index in [2.05, 4.69) is 22.2 Å². The molecule has 1 fully saturated rings. The molecule has 154 valence electrons. The van der Waals surface area contributed by atoms with Crippen LogP contribution in [0.4, 0.5) is 16.0 Å². The van der Waals surface area contributed by atoms with Gasteiger partial charge in [-0.05, 0) is 54.7 Å². The van der Waals surface area contributed by atoms with Crippen molar-refractivity contribution in [2.24, 2.45) is 5.92 Å². The number of rotatable bonds is 5. The molecular weight excluding hydrogens is 379 g/mol. The smallest absolute Gasteiger partial charge is 0.229 e. The molecule has 1 unspecified atom stereocenters.